The number of ether oxygens (including phenoxy) is 1. The number of amides is 1. The van der Waals surface area contributed by atoms with E-state index >= 15 is 0 Å². The van der Waals surface area contributed by atoms with Crippen molar-refractivity contribution in [1.82, 2.24) is 5.32 Å². The Hall–Kier alpha value is -2.43. The van der Waals surface area contributed by atoms with Crippen LogP contribution in [0.1, 0.15) is 21.5 Å². The molecule has 0 spiro atoms. The molecule has 2 aromatic carbocycles. The third-order valence-electron chi connectivity index (χ3n) is 3.70. The molecule has 0 radical (unpaired) electrons. The van der Waals surface area contributed by atoms with Crippen LogP contribution in [-0.2, 0) is 6.42 Å². The number of fused-ring (bicyclic) bond motifs is 1. The van der Waals surface area contributed by atoms with Crippen molar-refractivity contribution >= 4 is 5.91 Å². The van der Waals surface area contributed by atoms with E-state index in [-0.39, 0.29) is 24.3 Å². The first-order chi connectivity index (χ1) is 10.5. The summed E-state index contributed by atoms with van der Waals surface area (Å²) in [7, 11) is 0. The van der Waals surface area contributed by atoms with Gasteiger partial charge in [0.05, 0.1) is 6.54 Å². The summed E-state index contributed by atoms with van der Waals surface area (Å²) in [4.78, 5) is 12.1. The highest BCUT2D eigenvalue weighted by Crippen LogP contribution is 2.32. The lowest BCUT2D eigenvalue weighted by molar-refractivity contribution is 0.0932. The molecular formula is C17H15F2NO2. The van der Waals surface area contributed by atoms with Gasteiger partial charge in [-0.15, -0.1) is 0 Å². The average Bonchev–Trinajstić information content (AvgIpc) is 2.88. The van der Waals surface area contributed by atoms with E-state index in [0.29, 0.717) is 17.5 Å². The standard InChI is InChI=1S/C17H15F2NO2/c1-10-4-2-3-5-14(10)17(21)20-9-13-7-11-6-12(18)8-15(19)16(11)22-13/h2-6,8,13H,7,9H2,1H3,(H,20,21)/t13-/m0/s1. The Labute approximate surface area is 126 Å². The smallest absolute Gasteiger partial charge is 0.251 e. The third kappa shape index (κ3) is 2.79. The Bertz CT molecular complexity index is 731. The number of carbonyl (C=O) groups is 1. The van der Waals surface area contributed by atoms with Crippen LogP contribution in [0, 0.1) is 18.6 Å². The molecule has 3 rings (SSSR count). The fourth-order valence-electron chi connectivity index (χ4n) is 2.59. The molecule has 0 fully saturated rings. The van der Waals surface area contributed by atoms with Crippen LogP contribution in [0.4, 0.5) is 8.78 Å². The molecule has 22 heavy (non-hydrogen) atoms. The molecule has 114 valence electrons. The van der Waals surface area contributed by atoms with Gasteiger partial charge in [0, 0.05) is 23.6 Å². The summed E-state index contributed by atoms with van der Waals surface area (Å²) < 4.78 is 32.2. The third-order valence-corrected chi connectivity index (χ3v) is 3.70. The summed E-state index contributed by atoms with van der Waals surface area (Å²) in [5.41, 5.74) is 1.96. The van der Waals surface area contributed by atoms with Gasteiger partial charge in [0.1, 0.15) is 11.9 Å². The van der Waals surface area contributed by atoms with E-state index in [1.165, 1.54) is 6.07 Å². The van der Waals surface area contributed by atoms with Crippen molar-refractivity contribution in [3.05, 3.63) is 64.7 Å². The predicted octanol–water partition coefficient (Wildman–Crippen LogP) is 3.01. The van der Waals surface area contributed by atoms with Crippen LogP contribution >= 0.6 is 0 Å². The van der Waals surface area contributed by atoms with E-state index in [2.05, 4.69) is 5.32 Å². The normalized spacial score (nSPS) is 16.0. The van der Waals surface area contributed by atoms with Crippen molar-refractivity contribution in [1.29, 1.82) is 0 Å². The lowest BCUT2D eigenvalue weighted by atomic mass is 10.1. The first-order valence-corrected chi connectivity index (χ1v) is 7.03. The van der Waals surface area contributed by atoms with Crippen molar-refractivity contribution in [2.75, 3.05) is 6.54 Å². The van der Waals surface area contributed by atoms with E-state index in [9.17, 15) is 13.6 Å². The summed E-state index contributed by atoms with van der Waals surface area (Å²) in [6.07, 6.45) is -0.0165. The highest BCUT2D eigenvalue weighted by molar-refractivity contribution is 5.95. The number of aryl methyl sites for hydroxylation is 1. The predicted molar refractivity (Wildman–Crippen MR) is 78.0 cm³/mol. The summed E-state index contributed by atoms with van der Waals surface area (Å²) in [6.45, 7) is 2.10. The molecule has 1 atom stereocenters. The molecule has 1 N–H and O–H groups in total. The number of rotatable bonds is 3. The molecule has 1 heterocycles. The molecule has 2 aromatic rings. The Kier molecular flexibility index (Phi) is 3.79. The van der Waals surface area contributed by atoms with Crippen LogP contribution < -0.4 is 10.1 Å². The second kappa shape index (κ2) is 5.75. The quantitative estimate of drug-likeness (QED) is 0.946. The summed E-state index contributed by atoms with van der Waals surface area (Å²) >= 11 is 0. The molecule has 3 nitrogen and oxygen atoms in total. The Morgan fingerprint density at radius 3 is 2.86 bits per heavy atom. The van der Waals surface area contributed by atoms with Gasteiger partial charge in [-0.25, -0.2) is 8.78 Å². The summed E-state index contributed by atoms with van der Waals surface area (Å²) in [5, 5.41) is 2.77. The molecule has 0 saturated carbocycles. The zero-order valence-electron chi connectivity index (χ0n) is 12.0. The minimum atomic E-state index is -0.706. The average molecular weight is 303 g/mol. The van der Waals surface area contributed by atoms with Crippen molar-refractivity contribution < 1.29 is 18.3 Å². The summed E-state index contributed by atoms with van der Waals surface area (Å²) in [6, 6.07) is 9.32. The van der Waals surface area contributed by atoms with Crippen molar-refractivity contribution in [2.45, 2.75) is 19.4 Å². The van der Waals surface area contributed by atoms with E-state index in [4.69, 9.17) is 4.74 Å². The molecule has 5 heteroatoms. The van der Waals surface area contributed by atoms with Gasteiger partial charge in [-0.3, -0.25) is 4.79 Å². The zero-order chi connectivity index (χ0) is 15.7. The molecule has 1 aliphatic rings. The number of halogens is 2. The first kappa shape index (κ1) is 14.5. The van der Waals surface area contributed by atoms with Gasteiger partial charge in [0.15, 0.2) is 11.6 Å². The fourth-order valence-corrected chi connectivity index (χ4v) is 2.59. The van der Waals surface area contributed by atoms with Gasteiger partial charge in [0.25, 0.3) is 5.91 Å². The van der Waals surface area contributed by atoms with Gasteiger partial charge in [-0.1, -0.05) is 18.2 Å². The maximum atomic E-state index is 13.6. The van der Waals surface area contributed by atoms with Gasteiger partial charge < -0.3 is 10.1 Å². The van der Waals surface area contributed by atoms with Crippen molar-refractivity contribution in [3.8, 4) is 5.75 Å². The molecule has 0 aliphatic carbocycles. The lowest BCUT2D eigenvalue weighted by Gasteiger charge is -2.13. The minimum absolute atomic E-state index is 0.0801. The van der Waals surface area contributed by atoms with Crippen LogP contribution in [0.3, 0.4) is 0 Å². The monoisotopic (exact) mass is 303 g/mol. The van der Waals surface area contributed by atoms with E-state index in [0.717, 1.165) is 11.6 Å². The van der Waals surface area contributed by atoms with E-state index in [1.54, 1.807) is 12.1 Å². The zero-order valence-corrected chi connectivity index (χ0v) is 12.0. The lowest BCUT2D eigenvalue weighted by Crippen LogP contribution is -2.34. The molecule has 0 unspecified atom stereocenters. The molecule has 0 bridgehead atoms. The fraction of sp³-hybridized carbons (Fsp3) is 0.235. The highest BCUT2D eigenvalue weighted by Gasteiger charge is 2.27. The molecule has 1 aliphatic heterocycles. The SMILES string of the molecule is Cc1ccccc1C(=O)NC[C@@H]1Cc2cc(F)cc(F)c2O1. The van der Waals surface area contributed by atoms with Crippen LogP contribution in [0.15, 0.2) is 36.4 Å². The van der Waals surface area contributed by atoms with Gasteiger partial charge in [-0.05, 0) is 24.6 Å². The van der Waals surface area contributed by atoms with Gasteiger partial charge in [-0.2, -0.15) is 0 Å². The Balaban J connectivity index is 1.64. The molecule has 0 saturated heterocycles. The molecular weight excluding hydrogens is 288 g/mol. The van der Waals surface area contributed by atoms with Crippen LogP contribution in [0.2, 0.25) is 0 Å². The van der Waals surface area contributed by atoms with Crippen molar-refractivity contribution in [3.63, 3.8) is 0 Å². The largest absolute Gasteiger partial charge is 0.485 e. The van der Waals surface area contributed by atoms with Crippen LogP contribution in [0.25, 0.3) is 0 Å². The van der Waals surface area contributed by atoms with Crippen LogP contribution in [0.5, 0.6) is 5.75 Å². The Morgan fingerprint density at radius 1 is 1.32 bits per heavy atom. The number of carbonyl (C=O) groups excluding carboxylic acids is 1. The molecule has 0 aromatic heterocycles. The van der Waals surface area contributed by atoms with Gasteiger partial charge in [0.2, 0.25) is 0 Å². The van der Waals surface area contributed by atoms with Crippen LogP contribution in [-0.4, -0.2) is 18.6 Å². The Morgan fingerprint density at radius 2 is 2.09 bits per heavy atom. The second-order valence-corrected chi connectivity index (χ2v) is 5.34. The highest BCUT2D eigenvalue weighted by atomic mass is 19.1. The number of hydrogen-bond acceptors (Lipinski definition) is 2. The van der Waals surface area contributed by atoms with E-state index in [1.807, 2.05) is 19.1 Å². The van der Waals surface area contributed by atoms with E-state index < -0.39 is 11.6 Å². The maximum Gasteiger partial charge on any atom is 0.251 e. The summed E-state index contributed by atoms with van der Waals surface area (Å²) in [5.74, 6) is -1.45. The first-order valence-electron chi connectivity index (χ1n) is 7.03. The number of benzene rings is 2. The van der Waals surface area contributed by atoms with Gasteiger partial charge >= 0.3 is 0 Å². The van der Waals surface area contributed by atoms with Crippen molar-refractivity contribution in [2.24, 2.45) is 0 Å². The topological polar surface area (TPSA) is 38.3 Å². The number of hydrogen-bond donors (Lipinski definition) is 1. The molecule has 1 amide bonds. The maximum absolute atomic E-state index is 13.6. The minimum Gasteiger partial charge on any atom is -0.485 e. The second-order valence-electron chi connectivity index (χ2n) is 5.34. The number of nitrogens with one attached hydrogen (secondary N) is 1.